The monoisotopic (exact) mass is 239 g/mol. The lowest BCUT2D eigenvalue weighted by molar-refractivity contribution is -0.150. The molecule has 0 atom stereocenters. The molecule has 0 heterocycles. The van der Waals surface area contributed by atoms with Crippen molar-refractivity contribution in [1.29, 1.82) is 0 Å². The molecule has 0 radical (unpaired) electrons. The van der Waals surface area contributed by atoms with Crippen LogP contribution in [0.15, 0.2) is 25.3 Å². The molecule has 0 unspecified atom stereocenters. The predicted octanol–water partition coefficient (Wildman–Crippen LogP) is 2.96. The van der Waals surface area contributed by atoms with E-state index in [4.69, 9.17) is 10.5 Å². The summed E-state index contributed by atoms with van der Waals surface area (Å²) >= 11 is 0. The van der Waals surface area contributed by atoms with Crippen molar-refractivity contribution in [1.82, 2.24) is 0 Å². The second-order valence-electron chi connectivity index (χ2n) is 4.24. The molecule has 17 heavy (non-hydrogen) atoms. The van der Waals surface area contributed by atoms with Gasteiger partial charge in [0.1, 0.15) is 5.54 Å². The van der Waals surface area contributed by atoms with Gasteiger partial charge in [0.2, 0.25) is 0 Å². The molecule has 0 aromatic rings. The number of carbonyl (C=O) groups is 1. The smallest absolute Gasteiger partial charge is 0.326 e. The lowest BCUT2D eigenvalue weighted by Gasteiger charge is -2.26. The van der Waals surface area contributed by atoms with Crippen molar-refractivity contribution >= 4 is 5.97 Å². The van der Waals surface area contributed by atoms with Crippen LogP contribution in [0.5, 0.6) is 0 Å². The highest BCUT2D eigenvalue weighted by Gasteiger charge is 2.34. The zero-order valence-electron chi connectivity index (χ0n) is 10.9. The van der Waals surface area contributed by atoms with Crippen molar-refractivity contribution in [2.45, 2.75) is 51.0 Å². The number of hydrogen-bond donors (Lipinski definition) is 1. The highest BCUT2D eigenvalue weighted by Crippen LogP contribution is 2.21. The first-order chi connectivity index (χ1) is 8.10. The molecule has 0 aliphatic rings. The third-order valence-corrected chi connectivity index (χ3v) is 2.74. The third-order valence-electron chi connectivity index (χ3n) is 2.74. The van der Waals surface area contributed by atoms with Gasteiger partial charge in [0.25, 0.3) is 0 Å². The van der Waals surface area contributed by atoms with Gasteiger partial charge in [-0.25, -0.2) is 0 Å². The summed E-state index contributed by atoms with van der Waals surface area (Å²) in [5.41, 5.74) is 5.32. The van der Waals surface area contributed by atoms with Gasteiger partial charge in [-0.05, 0) is 45.4 Å². The summed E-state index contributed by atoms with van der Waals surface area (Å²) in [4.78, 5) is 11.9. The SMILES string of the molecule is C=CCCCC(N)(CCCC=C)C(=O)OCC. The molecule has 2 N–H and O–H groups in total. The largest absolute Gasteiger partial charge is 0.465 e. The highest BCUT2D eigenvalue weighted by atomic mass is 16.5. The minimum atomic E-state index is -0.845. The van der Waals surface area contributed by atoms with Crippen molar-refractivity contribution in [3.63, 3.8) is 0 Å². The third kappa shape index (κ3) is 6.27. The summed E-state index contributed by atoms with van der Waals surface area (Å²) in [5, 5.41) is 0. The minimum Gasteiger partial charge on any atom is -0.465 e. The van der Waals surface area contributed by atoms with Gasteiger partial charge in [-0.3, -0.25) is 4.79 Å². The summed E-state index contributed by atoms with van der Waals surface area (Å²) in [6.07, 6.45) is 8.47. The van der Waals surface area contributed by atoms with Crippen LogP contribution in [0.25, 0.3) is 0 Å². The number of nitrogens with two attached hydrogens (primary N) is 1. The van der Waals surface area contributed by atoms with Gasteiger partial charge >= 0.3 is 5.97 Å². The Bertz CT molecular complexity index is 235. The molecule has 0 aromatic carbocycles. The standard InChI is InChI=1S/C14H25NO2/c1-4-7-9-11-14(15,12-10-8-5-2)13(16)17-6-3/h4-5H,1-2,6-12,15H2,3H3. The van der Waals surface area contributed by atoms with E-state index in [9.17, 15) is 4.79 Å². The summed E-state index contributed by atoms with van der Waals surface area (Å²) < 4.78 is 5.05. The molecule has 0 saturated heterocycles. The number of esters is 1. The molecule has 0 rings (SSSR count). The van der Waals surface area contributed by atoms with E-state index in [2.05, 4.69) is 13.2 Å². The average Bonchev–Trinajstić information content (AvgIpc) is 2.30. The zero-order chi connectivity index (χ0) is 13.1. The zero-order valence-corrected chi connectivity index (χ0v) is 10.9. The van der Waals surface area contributed by atoms with Crippen molar-refractivity contribution in [2.75, 3.05) is 6.61 Å². The number of allylic oxidation sites excluding steroid dienone is 2. The number of unbranched alkanes of at least 4 members (excludes halogenated alkanes) is 2. The molecule has 98 valence electrons. The Morgan fingerprint density at radius 2 is 1.71 bits per heavy atom. The van der Waals surface area contributed by atoms with E-state index in [1.54, 1.807) is 6.92 Å². The maximum Gasteiger partial charge on any atom is 0.326 e. The van der Waals surface area contributed by atoms with E-state index in [1.165, 1.54) is 0 Å². The molecule has 0 amide bonds. The van der Waals surface area contributed by atoms with Crippen LogP contribution in [0, 0.1) is 0 Å². The topological polar surface area (TPSA) is 52.3 Å². The van der Waals surface area contributed by atoms with Crippen molar-refractivity contribution in [3.05, 3.63) is 25.3 Å². The first kappa shape index (κ1) is 15.9. The van der Waals surface area contributed by atoms with Crippen LogP contribution in [0.1, 0.15) is 45.4 Å². The number of carbonyl (C=O) groups excluding carboxylic acids is 1. The molecule has 0 aliphatic heterocycles. The first-order valence-electron chi connectivity index (χ1n) is 6.28. The quantitative estimate of drug-likeness (QED) is 0.362. The van der Waals surface area contributed by atoms with E-state index in [0.29, 0.717) is 19.4 Å². The summed E-state index contributed by atoms with van der Waals surface area (Å²) in [7, 11) is 0. The maximum absolute atomic E-state index is 11.9. The highest BCUT2D eigenvalue weighted by molar-refractivity contribution is 5.80. The van der Waals surface area contributed by atoms with E-state index in [-0.39, 0.29) is 5.97 Å². The Morgan fingerprint density at radius 3 is 2.06 bits per heavy atom. The normalized spacial score (nSPS) is 10.9. The molecule has 3 heteroatoms. The molecule has 0 spiro atoms. The number of hydrogen-bond acceptors (Lipinski definition) is 3. The fourth-order valence-electron chi connectivity index (χ4n) is 1.73. The van der Waals surface area contributed by atoms with E-state index in [0.717, 1.165) is 25.7 Å². The average molecular weight is 239 g/mol. The second-order valence-corrected chi connectivity index (χ2v) is 4.24. The summed E-state index contributed by atoms with van der Waals surface area (Å²) in [6.45, 7) is 9.51. The number of rotatable bonds is 10. The van der Waals surface area contributed by atoms with E-state index < -0.39 is 5.54 Å². The van der Waals surface area contributed by atoms with E-state index in [1.807, 2.05) is 12.2 Å². The summed E-state index contributed by atoms with van der Waals surface area (Å²) in [6, 6.07) is 0. The van der Waals surface area contributed by atoms with Crippen LogP contribution in [-0.4, -0.2) is 18.1 Å². The molecule has 0 fully saturated rings. The van der Waals surface area contributed by atoms with Gasteiger partial charge in [0, 0.05) is 0 Å². The van der Waals surface area contributed by atoms with Gasteiger partial charge < -0.3 is 10.5 Å². The Morgan fingerprint density at radius 1 is 1.24 bits per heavy atom. The van der Waals surface area contributed by atoms with Crippen LogP contribution in [0.4, 0.5) is 0 Å². The van der Waals surface area contributed by atoms with Gasteiger partial charge in [-0.1, -0.05) is 12.2 Å². The van der Waals surface area contributed by atoms with Crippen molar-refractivity contribution in [2.24, 2.45) is 5.73 Å². The van der Waals surface area contributed by atoms with Crippen LogP contribution in [0.2, 0.25) is 0 Å². The lowest BCUT2D eigenvalue weighted by Crippen LogP contribution is -2.49. The summed E-state index contributed by atoms with van der Waals surface area (Å²) in [5.74, 6) is -0.284. The Labute approximate surface area is 105 Å². The van der Waals surface area contributed by atoms with Gasteiger partial charge in [-0.2, -0.15) is 0 Å². The van der Waals surface area contributed by atoms with Gasteiger partial charge in [0.05, 0.1) is 6.61 Å². The number of ether oxygens (including phenoxy) is 1. The second kappa shape index (κ2) is 8.99. The Balaban J connectivity index is 4.37. The van der Waals surface area contributed by atoms with Crippen LogP contribution < -0.4 is 5.73 Å². The van der Waals surface area contributed by atoms with Gasteiger partial charge in [-0.15, -0.1) is 13.2 Å². The molecular weight excluding hydrogens is 214 g/mol. The molecule has 3 nitrogen and oxygen atoms in total. The lowest BCUT2D eigenvalue weighted by atomic mass is 9.88. The minimum absolute atomic E-state index is 0.284. The van der Waals surface area contributed by atoms with Crippen LogP contribution >= 0.6 is 0 Å². The van der Waals surface area contributed by atoms with Crippen LogP contribution in [-0.2, 0) is 9.53 Å². The molecule has 0 bridgehead atoms. The van der Waals surface area contributed by atoms with Crippen LogP contribution in [0.3, 0.4) is 0 Å². The maximum atomic E-state index is 11.9. The first-order valence-corrected chi connectivity index (χ1v) is 6.28. The Hall–Kier alpha value is -1.09. The van der Waals surface area contributed by atoms with Crippen molar-refractivity contribution < 1.29 is 9.53 Å². The molecule has 0 saturated carbocycles. The fraction of sp³-hybridized carbons (Fsp3) is 0.643. The molecule has 0 aliphatic carbocycles. The van der Waals surface area contributed by atoms with Gasteiger partial charge in [0.15, 0.2) is 0 Å². The Kier molecular flexibility index (Phi) is 8.42. The van der Waals surface area contributed by atoms with Crippen molar-refractivity contribution in [3.8, 4) is 0 Å². The molecule has 0 aromatic heterocycles. The predicted molar refractivity (Wildman–Crippen MR) is 71.6 cm³/mol. The fourth-order valence-corrected chi connectivity index (χ4v) is 1.73. The molecular formula is C14H25NO2. The van der Waals surface area contributed by atoms with E-state index >= 15 is 0 Å².